The number of methoxy groups -OCH3 is 2. The highest BCUT2D eigenvalue weighted by Crippen LogP contribution is 2.27. The summed E-state index contributed by atoms with van der Waals surface area (Å²) in [5, 5.41) is 5.24. The Bertz CT molecular complexity index is 903. The molecule has 1 saturated heterocycles. The molecule has 0 spiro atoms. The SMILES string of the molecule is COc1ccc(CCN2C(=O)N[C@@H](CC(=O)Nc3ccncc3)C2=O)cc1OC. The van der Waals surface area contributed by atoms with Crippen LogP contribution in [0.2, 0.25) is 0 Å². The van der Waals surface area contributed by atoms with Gasteiger partial charge in [-0.15, -0.1) is 0 Å². The molecule has 0 bridgehead atoms. The number of ether oxygens (including phenoxy) is 2. The molecule has 1 aliphatic rings. The summed E-state index contributed by atoms with van der Waals surface area (Å²) in [6, 6.07) is 7.32. The smallest absolute Gasteiger partial charge is 0.324 e. The summed E-state index contributed by atoms with van der Waals surface area (Å²) in [5.74, 6) is 0.399. The molecule has 1 atom stereocenters. The van der Waals surface area contributed by atoms with Crippen molar-refractivity contribution >= 4 is 23.5 Å². The van der Waals surface area contributed by atoms with Gasteiger partial charge in [0.25, 0.3) is 5.91 Å². The number of carbonyl (C=O) groups excluding carboxylic acids is 3. The molecule has 152 valence electrons. The molecule has 4 amide bonds. The number of anilines is 1. The number of carbonyl (C=O) groups is 3. The number of nitrogens with zero attached hydrogens (tertiary/aromatic N) is 2. The number of urea groups is 1. The molecule has 1 aromatic carbocycles. The van der Waals surface area contributed by atoms with Gasteiger partial charge in [0.2, 0.25) is 5.91 Å². The predicted molar refractivity (Wildman–Crippen MR) is 105 cm³/mol. The number of rotatable bonds is 8. The zero-order valence-electron chi connectivity index (χ0n) is 16.2. The Kier molecular flexibility index (Phi) is 6.28. The first kappa shape index (κ1) is 20.1. The van der Waals surface area contributed by atoms with E-state index in [2.05, 4.69) is 15.6 Å². The van der Waals surface area contributed by atoms with Crippen molar-refractivity contribution in [2.75, 3.05) is 26.1 Å². The zero-order valence-corrected chi connectivity index (χ0v) is 16.2. The Balaban J connectivity index is 1.57. The quantitative estimate of drug-likeness (QED) is 0.654. The van der Waals surface area contributed by atoms with Gasteiger partial charge in [-0.3, -0.25) is 19.5 Å². The van der Waals surface area contributed by atoms with Gasteiger partial charge in [0.1, 0.15) is 6.04 Å². The van der Waals surface area contributed by atoms with E-state index < -0.39 is 18.0 Å². The molecule has 0 aliphatic carbocycles. The molecule has 0 saturated carbocycles. The van der Waals surface area contributed by atoms with Crippen LogP contribution in [0.15, 0.2) is 42.7 Å². The van der Waals surface area contributed by atoms with Crippen molar-refractivity contribution in [3.05, 3.63) is 48.3 Å². The number of benzene rings is 1. The molecule has 0 radical (unpaired) electrons. The summed E-state index contributed by atoms with van der Waals surface area (Å²) >= 11 is 0. The minimum absolute atomic E-state index is 0.139. The second-order valence-electron chi connectivity index (χ2n) is 6.42. The first-order chi connectivity index (χ1) is 14.0. The largest absolute Gasteiger partial charge is 0.493 e. The molecule has 9 nitrogen and oxygen atoms in total. The molecule has 2 aromatic rings. The molecule has 9 heteroatoms. The van der Waals surface area contributed by atoms with E-state index in [1.807, 2.05) is 6.07 Å². The van der Waals surface area contributed by atoms with E-state index in [4.69, 9.17) is 9.47 Å². The van der Waals surface area contributed by atoms with Gasteiger partial charge in [-0.05, 0) is 36.2 Å². The van der Waals surface area contributed by atoms with Crippen molar-refractivity contribution < 1.29 is 23.9 Å². The third-order valence-corrected chi connectivity index (χ3v) is 4.53. The van der Waals surface area contributed by atoms with Gasteiger partial charge in [0.05, 0.1) is 20.6 Å². The minimum atomic E-state index is -0.880. The molecule has 0 unspecified atom stereocenters. The van der Waals surface area contributed by atoms with Crippen molar-refractivity contribution in [3.8, 4) is 11.5 Å². The van der Waals surface area contributed by atoms with Crippen LogP contribution in [0.25, 0.3) is 0 Å². The number of imide groups is 1. The van der Waals surface area contributed by atoms with Crippen LogP contribution in [-0.2, 0) is 16.0 Å². The number of aromatic nitrogens is 1. The van der Waals surface area contributed by atoms with E-state index in [0.717, 1.165) is 10.5 Å². The summed E-state index contributed by atoms with van der Waals surface area (Å²) in [7, 11) is 3.09. The fourth-order valence-electron chi connectivity index (χ4n) is 3.04. The molecule has 29 heavy (non-hydrogen) atoms. The monoisotopic (exact) mass is 398 g/mol. The van der Waals surface area contributed by atoms with Crippen molar-refractivity contribution in [1.29, 1.82) is 0 Å². The summed E-state index contributed by atoms with van der Waals surface area (Å²) in [4.78, 5) is 41.9. The number of amides is 4. The fraction of sp³-hybridized carbons (Fsp3) is 0.300. The van der Waals surface area contributed by atoms with Crippen LogP contribution in [0, 0.1) is 0 Å². The van der Waals surface area contributed by atoms with Gasteiger partial charge in [0.15, 0.2) is 11.5 Å². The van der Waals surface area contributed by atoms with Gasteiger partial charge >= 0.3 is 6.03 Å². The topological polar surface area (TPSA) is 110 Å². The Hall–Kier alpha value is -3.62. The van der Waals surface area contributed by atoms with Crippen LogP contribution in [-0.4, -0.2) is 54.5 Å². The van der Waals surface area contributed by atoms with Crippen LogP contribution < -0.4 is 20.1 Å². The number of hydrogen-bond acceptors (Lipinski definition) is 6. The lowest BCUT2D eigenvalue weighted by Gasteiger charge is -2.14. The van der Waals surface area contributed by atoms with E-state index >= 15 is 0 Å². The van der Waals surface area contributed by atoms with E-state index in [9.17, 15) is 14.4 Å². The first-order valence-electron chi connectivity index (χ1n) is 9.04. The average molecular weight is 398 g/mol. The van der Waals surface area contributed by atoms with Gasteiger partial charge in [0, 0.05) is 24.6 Å². The molecule has 2 N–H and O–H groups in total. The molecule has 1 aromatic heterocycles. The third-order valence-electron chi connectivity index (χ3n) is 4.53. The summed E-state index contributed by atoms with van der Waals surface area (Å²) in [6.45, 7) is 0.197. The number of nitrogens with one attached hydrogen (secondary N) is 2. The van der Waals surface area contributed by atoms with E-state index in [0.29, 0.717) is 23.6 Å². The lowest BCUT2D eigenvalue weighted by molar-refractivity contribution is -0.129. The fourth-order valence-corrected chi connectivity index (χ4v) is 3.04. The van der Waals surface area contributed by atoms with Gasteiger partial charge in [-0.25, -0.2) is 4.79 Å². The van der Waals surface area contributed by atoms with Gasteiger partial charge in [-0.2, -0.15) is 0 Å². The second-order valence-corrected chi connectivity index (χ2v) is 6.42. The molecular formula is C20H22N4O5. The summed E-state index contributed by atoms with van der Waals surface area (Å²) in [5.41, 5.74) is 1.47. The van der Waals surface area contributed by atoms with Crippen molar-refractivity contribution in [1.82, 2.24) is 15.2 Å². The summed E-state index contributed by atoms with van der Waals surface area (Å²) in [6.07, 6.45) is 3.41. The van der Waals surface area contributed by atoms with Gasteiger partial charge < -0.3 is 20.1 Å². The number of pyridine rings is 1. The Morgan fingerprint density at radius 2 is 1.86 bits per heavy atom. The average Bonchev–Trinajstić information content (AvgIpc) is 2.99. The maximum Gasteiger partial charge on any atom is 0.324 e. The van der Waals surface area contributed by atoms with Crippen LogP contribution in [0.1, 0.15) is 12.0 Å². The van der Waals surface area contributed by atoms with Crippen molar-refractivity contribution in [3.63, 3.8) is 0 Å². The highest BCUT2D eigenvalue weighted by atomic mass is 16.5. The Morgan fingerprint density at radius 1 is 1.14 bits per heavy atom. The Morgan fingerprint density at radius 3 is 2.55 bits per heavy atom. The van der Waals surface area contributed by atoms with Crippen LogP contribution in [0.5, 0.6) is 11.5 Å². The van der Waals surface area contributed by atoms with E-state index in [-0.39, 0.29) is 18.9 Å². The van der Waals surface area contributed by atoms with Crippen LogP contribution >= 0.6 is 0 Å². The third kappa shape index (κ3) is 4.81. The lowest BCUT2D eigenvalue weighted by Crippen LogP contribution is -2.34. The highest BCUT2D eigenvalue weighted by Gasteiger charge is 2.38. The lowest BCUT2D eigenvalue weighted by atomic mass is 10.1. The second kappa shape index (κ2) is 9.05. The molecular weight excluding hydrogens is 376 g/mol. The molecule has 1 aliphatic heterocycles. The van der Waals surface area contributed by atoms with Crippen LogP contribution in [0.3, 0.4) is 0 Å². The normalized spacial score (nSPS) is 15.8. The van der Waals surface area contributed by atoms with Gasteiger partial charge in [-0.1, -0.05) is 6.07 Å². The maximum atomic E-state index is 12.6. The van der Waals surface area contributed by atoms with Crippen LogP contribution in [0.4, 0.5) is 10.5 Å². The zero-order chi connectivity index (χ0) is 20.8. The van der Waals surface area contributed by atoms with Crippen molar-refractivity contribution in [2.45, 2.75) is 18.9 Å². The van der Waals surface area contributed by atoms with E-state index in [1.165, 1.54) is 0 Å². The van der Waals surface area contributed by atoms with Crippen molar-refractivity contribution in [2.24, 2.45) is 0 Å². The molecule has 2 heterocycles. The standard InChI is InChI=1S/C20H22N4O5/c1-28-16-4-3-13(11-17(16)29-2)7-10-24-19(26)15(23-20(24)27)12-18(25)22-14-5-8-21-9-6-14/h3-6,8-9,11,15H,7,10,12H2,1-2H3,(H,23,27)(H,21,22,25)/t15-/m0/s1. The molecule has 3 rings (SSSR count). The number of hydrogen-bond donors (Lipinski definition) is 2. The maximum absolute atomic E-state index is 12.6. The highest BCUT2D eigenvalue weighted by molar-refractivity contribution is 6.06. The first-order valence-corrected chi connectivity index (χ1v) is 9.04. The molecule has 1 fully saturated rings. The summed E-state index contributed by atoms with van der Waals surface area (Å²) < 4.78 is 10.5. The Labute approximate surface area is 168 Å². The van der Waals surface area contributed by atoms with E-state index in [1.54, 1.807) is 50.9 Å². The minimum Gasteiger partial charge on any atom is -0.493 e. The predicted octanol–water partition coefficient (Wildman–Crippen LogP) is 1.59.